The summed E-state index contributed by atoms with van der Waals surface area (Å²) in [5.74, 6) is 0.700. The van der Waals surface area contributed by atoms with Crippen LogP contribution in [0.15, 0.2) is 45.8 Å². The van der Waals surface area contributed by atoms with E-state index >= 15 is 0 Å². The maximum atomic E-state index is 13.3. The molecule has 5 rings (SSSR count). The minimum Gasteiger partial charge on any atom is -0.334 e. The molecule has 0 spiro atoms. The molecule has 168 valence electrons. The standard InChI is InChI=1S/C22H23FN6O2.ClH/c1-22(2,14-3-5-15(23)6-4-14)21-27-20(31-28-21)16-12-25-29-17(11-18(30)26-19(16)29)13-7-9-24-10-8-13;/h3-6,11-13,24H,7-10H2,1-2H3,(H,26,30);1H. The van der Waals surface area contributed by atoms with Crippen LogP contribution in [0.1, 0.15) is 49.7 Å². The van der Waals surface area contributed by atoms with Crippen molar-refractivity contribution in [2.24, 2.45) is 0 Å². The predicted molar refractivity (Wildman–Crippen MR) is 120 cm³/mol. The third-order valence-electron chi connectivity index (χ3n) is 6.07. The van der Waals surface area contributed by atoms with E-state index in [0.29, 0.717) is 17.0 Å². The predicted octanol–water partition coefficient (Wildman–Crippen LogP) is 3.43. The highest BCUT2D eigenvalue weighted by molar-refractivity contribution is 5.85. The summed E-state index contributed by atoms with van der Waals surface area (Å²) < 4.78 is 20.6. The topological polar surface area (TPSA) is 101 Å². The minimum absolute atomic E-state index is 0. The molecule has 1 saturated heterocycles. The normalized spacial score (nSPS) is 15.1. The van der Waals surface area contributed by atoms with Crippen LogP contribution in [-0.2, 0) is 5.41 Å². The number of halogens is 2. The molecule has 0 bridgehead atoms. The number of aromatic nitrogens is 5. The zero-order valence-electron chi connectivity index (χ0n) is 17.8. The zero-order valence-corrected chi connectivity index (χ0v) is 18.6. The van der Waals surface area contributed by atoms with E-state index in [1.165, 1.54) is 12.1 Å². The smallest absolute Gasteiger partial charge is 0.263 e. The summed E-state index contributed by atoms with van der Waals surface area (Å²) >= 11 is 0. The van der Waals surface area contributed by atoms with Gasteiger partial charge in [0.25, 0.3) is 11.4 Å². The lowest BCUT2D eigenvalue weighted by Crippen LogP contribution is -2.28. The minimum atomic E-state index is -0.591. The van der Waals surface area contributed by atoms with Crippen molar-refractivity contribution < 1.29 is 8.91 Å². The molecule has 0 radical (unpaired) electrons. The van der Waals surface area contributed by atoms with E-state index in [9.17, 15) is 9.18 Å². The summed E-state index contributed by atoms with van der Waals surface area (Å²) in [7, 11) is 0. The van der Waals surface area contributed by atoms with Crippen LogP contribution in [0.2, 0.25) is 0 Å². The van der Waals surface area contributed by atoms with Crippen LogP contribution < -0.4 is 10.9 Å². The zero-order chi connectivity index (χ0) is 21.6. The Balaban J connectivity index is 0.00000245. The average Bonchev–Trinajstić information content (AvgIpc) is 3.41. The van der Waals surface area contributed by atoms with Crippen molar-refractivity contribution in [1.29, 1.82) is 0 Å². The van der Waals surface area contributed by atoms with Gasteiger partial charge in [-0.25, -0.2) is 8.91 Å². The molecule has 1 aromatic carbocycles. The summed E-state index contributed by atoms with van der Waals surface area (Å²) in [5.41, 5.74) is 2.08. The first-order valence-electron chi connectivity index (χ1n) is 10.4. The monoisotopic (exact) mass is 458 g/mol. The van der Waals surface area contributed by atoms with Crippen molar-refractivity contribution in [3.8, 4) is 11.5 Å². The first kappa shape index (κ1) is 22.2. The van der Waals surface area contributed by atoms with Crippen LogP contribution >= 0.6 is 12.4 Å². The Hall–Kier alpha value is -3.04. The fourth-order valence-electron chi connectivity index (χ4n) is 4.16. The summed E-state index contributed by atoms with van der Waals surface area (Å²) in [6, 6.07) is 7.87. The van der Waals surface area contributed by atoms with E-state index in [2.05, 4.69) is 25.5 Å². The molecule has 2 N–H and O–H groups in total. The Morgan fingerprint density at radius 3 is 2.62 bits per heavy atom. The van der Waals surface area contributed by atoms with Gasteiger partial charge in [-0.1, -0.05) is 17.3 Å². The van der Waals surface area contributed by atoms with Crippen LogP contribution in [0.4, 0.5) is 4.39 Å². The van der Waals surface area contributed by atoms with Crippen molar-refractivity contribution in [2.75, 3.05) is 13.1 Å². The van der Waals surface area contributed by atoms with Crippen LogP contribution in [-0.4, -0.2) is 37.8 Å². The summed E-state index contributed by atoms with van der Waals surface area (Å²) in [5, 5.41) is 12.0. The highest BCUT2D eigenvalue weighted by Gasteiger charge is 2.30. The highest BCUT2D eigenvalue weighted by Crippen LogP contribution is 2.32. The maximum absolute atomic E-state index is 13.3. The van der Waals surface area contributed by atoms with Gasteiger partial charge in [-0.15, -0.1) is 12.4 Å². The summed E-state index contributed by atoms with van der Waals surface area (Å²) in [6.07, 6.45) is 3.53. The van der Waals surface area contributed by atoms with Gasteiger partial charge >= 0.3 is 0 Å². The second-order valence-electron chi connectivity index (χ2n) is 8.46. The lowest BCUT2D eigenvalue weighted by atomic mass is 9.84. The van der Waals surface area contributed by atoms with E-state index in [-0.39, 0.29) is 35.6 Å². The Bertz CT molecular complexity index is 1290. The SMILES string of the molecule is CC(C)(c1ccc(F)cc1)c1noc(-c2cnn3c(C4CCNCC4)cc(=O)[nH]c23)n1.Cl. The van der Waals surface area contributed by atoms with Gasteiger partial charge in [0.05, 0.1) is 17.3 Å². The molecular formula is C22H24ClFN6O2. The Kier molecular flexibility index (Phi) is 5.87. The first-order valence-corrected chi connectivity index (χ1v) is 10.4. The van der Waals surface area contributed by atoms with Gasteiger partial charge in [0, 0.05) is 12.0 Å². The Labute approximate surface area is 189 Å². The van der Waals surface area contributed by atoms with Crippen molar-refractivity contribution in [2.45, 2.75) is 38.0 Å². The van der Waals surface area contributed by atoms with Gasteiger partial charge < -0.3 is 14.8 Å². The third-order valence-corrected chi connectivity index (χ3v) is 6.07. The second-order valence-corrected chi connectivity index (χ2v) is 8.46. The molecule has 0 amide bonds. The van der Waals surface area contributed by atoms with Crippen molar-refractivity contribution >= 4 is 18.1 Å². The molecule has 32 heavy (non-hydrogen) atoms. The number of piperidine rings is 1. The molecule has 4 aromatic rings. The van der Waals surface area contributed by atoms with E-state index in [4.69, 9.17) is 4.52 Å². The number of hydrogen-bond acceptors (Lipinski definition) is 6. The number of fused-ring (bicyclic) bond motifs is 1. The first-order chi connectivity index (χ1) is 14.9. The largest absolute Gasteiger partial charge is 0.334 e. The molecule has 1 fully saturated rings. The fourth-order valence-corrected chi connectivity index (χ4v) is 4.16. The van der Waals surface area contributed by atoms with Gasteiger partial charge in [-0.2, -0.15) is 10.1 Å². The van der Waals surface area contributed by atoms with Gasteiger partial charge in [-0.3, -0.25) is 4.79 Å². The van der Waals surface area contributed by atoms with Crippen molar-refractivity contribution in [1.82, 2.24) is 30.1 Å². The fraction of sp³-hybridized carbons (Fsp3) is 0.364. The molecule has 1 aliphatic heterocycles. The van der Waals surface area contributed by atoms with Crippen LogP contribution in [0, 0.1) is 5.82 Å². The quantitative estimate of drug-likeness (QED) is 0.486. The summed E-state index contributed by atoms with van der Waals surface area (Å²) in [6.45, 7) is 5.72. The van der Waals surface area contributed by atoms with Gasteiger partial charge in [-0.05, 0) is 57.5 Å². The van der Waals surface area contributed by atoms with Crippen molar-refractivity contribution in [3.05, 3.63) is 69.8 Å². The van der Waals surface area contributed by atoms with Crippen LogP contribution in [0.25, 0.3) is 17.1 Å². The molecule has 0 saturated carbocycles. The molecule has 0 unspecified atom stereocenters. The van der Waals surface area contributed by atoms with Gasteiger partial charge in [0.15, 0.2) is 5.82 Å². The van der Waals surface area contributed by atoms with Crippen LogP contribution in [0.3, 0.4) is 0 Å². The highest BCUT2D eigenvalue weighted by atomic mass is 35.5. The number of H-pyrrole nitrogens is 1. The third kappa shape index (κ3) is 3.82. The molecule has 10 heteroatoms. The summed E-state index contributed by atoms with van der Waals surface area (Å²) in [4.78, 5) is 19.8. The number of aromatic amines is 1. The molecule has 0 atom stereocenters. The molecule has 4 heterocycles. The van der Waals surface area contributed by atoms with E-state index in [0.717, 1.165) is 37.2 Å². The van der Waals surface area contributed by atoms with E-state index in [1.54, 1.807) is 28.9 Å². The maximum Gasteiger partial charge on any atom is 0.263 e. The van der Waals surface area contributed by atoms with E-state index < -0.39 is 5.41 Å². The lowest BCUT2D eigenvalue weighted by molar-refractivity contribution is 0.408. The second kappa shape index (κ2) is 8.48. The molecule has 0 aliphatic carbocycles. The Morgan fingerprint density at radius 1 is 1.19 bits per heavy atom. The number of nitrogens with zero attached hydrogens (tertiary/aromatic N) is 4. The molecular weight excluding hydrogens is 435 g/mol. The van der Waals surface area contributed by atoms with Crippen molar-refractivity contribution in [3.63, 3.8) is 0 Å². The number of rotatable bonds is 4. The average molecular weight is 459 g/mol. The number of nitrogens with one attached hydrogen (secondary N) is 2. The molecule has 8 nitrogen and oxygen atoms in total. The van der Waals surface area contributed by atoms with Gasteiger partial charge in [0.2, 0.25) is 0 Å². The van der Waals surface area contributed by atoms with E-state index in [1.807, 2.05) is 13.8 Å². The number of hydrogen-bond donors (Lipinski definition) is 2. The van der Waals surface area contributed by atoms with Gasteiger partial charge in [0.1, 0.15) is 17.0 Å². The molecule has 1 aliphatic rings. The lowest BCUT2D eigenvalue weighted by Gasteiger charge is -2.23. The van der Waals surface area contributed by atoms with Crippen LogP contribution in [0.5, 0.6) is 0 Å². The molecule has 3 aromatic heterocycles. The Morgan fingerprint density at radius 2 is 1.91 bits per heavy atom. The number of benzene rings is 1.